The lowest BCUT2D eigenvalue weighted by Crippen LogP contribution is -2.51. The van der Waals surface area contributed by atoms with Crippen molar-refractivity contribution in [2.75, 3.05) is 40.5 Å². The van der Waals surface area contributed by atoms with Gasteiger partial charge in [0.1, 0.15) is 0 Å². The summed E-state index contributed by atoms with van der Waals surface area (Å²) in [7, 11) is 3.58. The minimum absolute atomic E-state index is 0. The van der Waals surface area contributed by atoms with E-state index in [0.29, 0.717) is 5.92 Å². The topological polar surface area (TPSA) is 54.9 Å². The van der Waals surface area contributed by atoms with Gasteiger partial charge in [-0.15, -0.1) is 24.0 Å². The van der Waals surface area contributed by atoms with Crippen molar-refractivity contribution in [2.24, 2.45) is 4.99 Å². The molecular formula is C19H32IN3O2. The maximum Gasteiger partial charge on any atom is 0.191 e. The molecule has 1 aromatic carbocycles. The molecule has 0 radical (unpaired) electrons. The average Bonchev–Trinajstić information content (AvgIpc) is 2.63. The number of nitrogens with zero attached hydrogens (tertiary/aromatic N) is 1. The summed E-state index contributed by atoms with van der Waals surface area (Å²) in [6, 6.07) is 8.71. The largest absolute Gasteiger partial charge is 0.381 e. The molecule has 1 aliphatic rings. The molecule has 25 heavy (non-hydrogen) atoms. The molecule has 142 valence electrons. The molecule has 1 heterocycles. The van der Waals surface area contributed by atoms with Crippen LogP contribution in [0.3, 0.4) is 0 Å². The maximum absolute atomic E-state index is 5.75. The molecule has 2 N–H and O–H groups in total. The highest BCUT2D eigenvalue weighted by atomic mass is 127. The van der Waals surface area contributed by atoms with E-state index in [2.05, 4.69) is 53.7 Å². The van der Waals surface area contributed by atoms with E-state index in [1.54, 1.807) is 14.2 Å². The zero-order valence-electron chi connectivity index (χ0n) is 15.8. The van der Waals surface area contributed by atoms with Gasteiger partial charge in [-0.05, 0) is 18.4 Å². The van der Waals surface area contributed by atoms with Gasteiger partial charge in [0.2, 0.25) is 0 Å². The average molecular weight is 461 g/mol. The fourth-order valence-corrected chi connectivity index (χ4v) is 2.92. The molecule has 0 aliphatic carbocycles. The number of halogens is 1. The molecule has 1 aromatic rings. The predicted molar refractivity (Wildman–Crippen MR) is 114 cm³/mol. The van der Waals surface area contributed by atoms with Crippen LogP contribution in [0.25, 0.3) is 0 Å². The van der Waals surface area contributed by atoms with E-state index in [9.17, 15) is 0 Å². The Labute approximate surface area is 169 Å². The standard InChI is InChI=1S/C19H31N3O2.HI/c1-15-5-7-17(8-6-15)16(2)13-21-18(20-3)22-14-19(23-4)9-11-24-12-10-19;/h5-8,16H,9-14H2,1-4H3,(H2,20,21,22);1H. The van der Waals surface area contributed by atoms with Crippen LogP contribution in [0.1, 0.15) is 36.8 Å². The molecule has 1 unspecified atom stereocenters. The molecule has 0 aromatic heterocycles. The van der Waals surface area contributed by atoms with Gasteiger partial charge in [0.15, 0.2) is 5.96 Å². The van der Waals surface area contributed by atoms with Crippen molar-refractivity contribution in [3.8, 4) is 0 Å². The number of nitrogens with one attached hydrogen (secondary N) is 2. The van der Waals surface area contributed by atoms with Gasteiger partial charge in [-0.3, -0.25) is 4.99 Å². The summed E-state index contributed by atoms with van der Waals surface area (Å²) >= 11 is 0. The normalized spacial score (nSPS) is 18.2. The van der Waals surface area contributed by atoms with Crippen molar-refractivity contribution >= 4 is 29.9 Å². The third-order valence-corrected chi connectivity index (χ3v) is 4.86. The van der Waals surface area contributed by atoms with E-state index in [1.807, 2.05) is 0 Å². The number of aryl methyl sites for hydroxylation is 1. The highest BCUT2D eigenvalue weighted by Crippen LogP contribution is 2.23. The van der Waals surface area contributed by atoms with Crippen molar-refractivity contribution in [2.45, 2.75) is 38.2 Å². The van der Waals surface area contributed by atoms with Gasteiger partial charge in [0.25, 0.3) is 0 Å². The SMILES string of the molecule is CN=C(NCC(C)c1ccc(C)cc1)NCC1(OC)CCOCC1.I. The van der Waals surface area contributed by atoms with Crippen LogP contribution < -0.4 is 10.6 Å². The number of aliphatic imine (C=N–C) groups is 1. The lowest BCUT2D eigenvalue weighted by Gasteiger charge is -2.36. The van der Waals surface area contributed by atoms with Crippen LogP contribution >= 0.6 is 24.0 Å². The molecule has 1 fully saturated rings. The van der Waals surface area contributed by atoms with Gasteiger partial charge < -0.3 is 20.1 Å². The summed E-state index contributed by atoms with van der Waals surface area (Å²) in [5.41, 5.74) is 2.47. The third-order valence-electron chi connectivity index (χ3n) is 4.86. The molecule has 0 bridgehead atoms. The van der Waals surface area contributed by atoms with Gasteiger partial charge in [-0.25, -0.2) is 0 Å². The van der Waals surface area contributed by atoms with E-state index >= 15 is 0 Å². The summed E-state index contributed by atoms with van der Waals surface area (Å²) in [6.07, 6.45) is 1.82. The number of rotatable bonds is 6. The van der Waals surface area contributed by atoms with Gasteiger partial charge in [-0.1, -0.05) is 36.8 Å². The van der Waals surface area contributed by atoms with Crippen LogP contribution in [-0.2, 0) is 9.47 Å². The number of ether oxygens (including phenoxy) is 2. The molecule has 5 nitrogen and oxygen atoms in total. The lowest BCUT2D eigenvalue weighted by atomic mass is 9.94. The summed E-state index contributed by atoms with van der Waals surface area (Å²) in [6.45, 7) is 7.43. The van der Waals surface area contributed by atoms with E-state index in [-0.39, 0.29) is 29.6 Å². The Morgan fingerprint density at radius 3 is 2.44 bits per heavy atom. The summed E-state index contributed by atoms with van der Waals surface area (Å²) < 4.78 is 11.2. The van der Waals surface area contributed by atoms with E-state index in [4.69, 9.17) is 9.47 Å². The second-order valence-corrected chi connectivity index (χ2v) is 6.62. The number of hydrogen-bond acceptors (Lipinski definition) is 3. The van der Waals surface area contributed by atoms with Gasteiger partial charge in [0.05, 0.1) is 5.60 Å². The van der Waals surface area contributed by atoms with E-state index in [1.165, 1.54) is 11.1 Å². The fraction of sp³-hybridized carbons (Fsp3) is 0.632. The van der Waals surface area contributed by atoms with Crippen LogP contribution in [0.4, 0.5) is 0 Å². The number of guanidine groups is 1. The van der Waals surface area contributed by atoms with Crippen molar-refractivity contribution in [3.63, 3.8) is 0 Å². The van der Waals surface area contributed by atoms with Crippen LogP contribution in [0, 0.1) is 6.92 Å². The molecule has 0 amide bonds. The van der Waals surface area contributed by atoms with Gasteiger partial charge >= 0.3 is 0 Å². The Balaban J connectivity index is 0.00000312. The highest BCUT2D eigenvalue weighted by Gasteiger charge is 2.32. The minimum atomic E-state index is -0.154. The first-order valence-corrected chi connectivity index (χ1v) is 8.72. The first kappa shape index (κ1) is 22.2. The maximum atomic E-state index is 5.75. The second-order valence-electron chi connectivity index (χ2n) is 6.62. The summed E-state index contributed by atoms with van der Waals surface area (Å²) in [4.78, 5) is 4.33. The molecule has 2 rings (SSSR count). The molecule has 1 saturated heterocycles. The first-order valence-electron chi connectivity index (χ1n) is 8.72. The van der Waals surface area contributed by atoms with E-state index in [0.717, 1.165) is 45.1 Å². The Hall–Kier alpha value is -0.860. The summed E-state index contributed by atoms with van der Waals surface area (Å²) in [5.74, 6) is 1.24. The van der Waals surface area contributed by atoms with Gasteiger partial charge in [0, 0.05) is 53.3 Å². The Morgan fingerprint density at radius 2 is 1.88 bits per heavy atom. The van der Waals surface area contributed by atoms with E-state index < -0.39 is 0 Å². The number of hydrogen-bond donors (Lipinski definition) is 2. The number of methoxy groups -OCH3 is 1. The molecule has 0 spiro atoms. The van der Waals surface area contributed by atoms with Crippen LogP contribution in [0.5, 0.6) is 0 Å². The molecule has 6 heteroatoms. The molecular weight excluding hydrogens is 429 g/mol. The lowest BCUT2D eigenvalue weighted by molar-refractivity contribution is -0.0855. The van der Waals surface area contributed by atoms with Crippen LogP contribution in [0.15, 0.2) is 29.3 Å². The predicted octanol–water partition coefficient (Wildman–Crippen LogP) is 3.08. The van der Waals surface area contributed by atoms with Crippen molar-refractivity contribution in [1.29, 1.82) is 0 Å². The van der Waals surface area contributed by atoms with Crippen molar-refractivity contribution < 1.29 is 9.47 Å². The van der Waals surface area contributed by atoms with Crippen LogP contribution in [0.2, 0.25) is 0 Å². The Morgan fingerprint density at radius 1 is 1.24 bits per heavy atom. The molecule has 1 aliphatic heterocycles. The number of benzene rings is 1. The Bertz CT molecular complexity index is 528. The molecule has 0 saturated carbocycles. The van der Waals surface area contributed by atoms with Crippen molar-refractivity contribution in [1.82, 2.24) is 10.6 Å². The first-order chi connectivity index (χ1) is 11.6. The zero-order chi connectivity index (χ0) is 17.4. The quantitative estimate of drug-likeness (QED) is 0.389. The van der Waals surface area contributed by atoms with Crippen molar-refractivity contribution in [3.05, 3.63) is 35.4 Å². The fourth-order valence-electron chi connectivity index (χ4n) is 2.92. The Kier molecular flexibility index (Phi) is 9.74. The van der Waals surface area contributed by atoms with Crippen LogP contribution in [-0.4, -0.2) is 52.0 Å². The second kappa shape index (κ2) is 11.0. The smallest absolute Gasteiger partial charge is 0.191 e. The zero-order valence-corrected chi connectivity index (χ0v) is 18.1. The third kappa shape index (κ3) is 6.75. The highest BCUT2D eigenvalue weighted by molar-refractivity contribution is 14.0. The minimum Gasteiger partial charge on any atom is -0.381 e. The summed E-state index contributed by atoms with van der Waals surface area (Å²) in [5, 5.41) is 6.82. The molecule has 1 atom stereocenters. The van der Waals surface area contributed by atoms with Gasteiger partial charge in [-0.2, -0.15) is 0 Å². The monoisotopic (exact) mass is 461 g/mol.